The van der Waals surface area contributed by atoms with Gasteiger partial charge in [-0.2, -0.15) is 0 Å². The van der Waals surface area contributed by atoms with Crippen LogP contribution in [0.4, 0.5) is 5.82 Å². The fourth-order valence-corrected chi connectivity index (χ4v) is 2.81. The Hall–Kier alpha value is -2.47. The zero-order valence-electron chi connectivity index (χ0n) is 15.4. The van der Waals surface area contributed by atoms with Gasteiger partial charge in [-0.05, 0) is 45.9 Å². The second kappa shape index (κ2) is 8.58. The van der Waals surface area contributed by atoms with Gasteiger partial charge >= 0.3 is 0 Å². The summed E-state index contributed by atoms with van der Waals surface area (Å²) in [7, 11) is 0. The fourth-order valence-electron chi connectivity index (χ4n) is 2.81. The second-order valence-corrected chi connectivity index (χ2v) is 6.56. The molecule has 0 aliphatic rings. The molecule has 0 fully saturated rings. The molecule has 134 valence electrons. The van der Waals surface area contributed by atoms with Crippen LogP contribution in [0.3, 0.4) is 0 Å². The largest absolute Gasteiger partial charge is 0.369 e. The van der Waals surface area contributed by atoms with Crippen LogP contribution in [0.1, 0.15) is 38.1 Å². The molecule has 0 bridgehead atoms. The third-order valence-corrected chi connectivity index (χ3v) is 4.09. The molecule has 0 radical (unpaired) electrons. The highest BCUT2D eigenvalue weighted by atomic mass is 16.1. The lowest BCUT2D eigenvalue weighted by atomic mass is 10.1. The first-order valence-corrected chi connectivity index (χ1v) is 8.61. The quantitative estimate of drug-likeness (QED) is 0.771. The van der Waals surface area contributed by atoms with Crippen LogP contribution in [0, 0.1) is 0 Å². The maximum absolute atomic E-state index is 11.1. The Balaban J connectivity index is 2.02. The standard InChI is InChI=1S/C19H27N5O/c1-13(2)24(14(3)4)12-11-21-17-9-10-22-19(23-17)16-7-5-15(6-8-16)18(20)25/h5-10,13-14H,11-12H2,1-4H3,(H2,20,25)(H,21,22,23). The summed E-state index contributed by atoms with van der Waals surface area (Å²) in [4.78, 5) is 22.4. The van der Waals surface area contributed by atoms with Crippen molar-refractivity contribution in [2.45, 2.75) is 39.8 Å². The number of benzene rings is 1. The average Bonchev–Trinajstić information content (AvgIpc) is 2.58. The molecular formula is C19H27N5O. The number of anilines is 1. The van der Waals surface area contributed by atoms with E-state index in [1.165, 1.54) is 0 Å². The van der Waals surface area contributed by atoms with E-state index in [2.05, 4.69) is 47.9 Å². The van der Waals surface area contributed by atoms with Gasteiger partial charge in [0.2, 0.25) is 5.91 Å². The first kappa shape index (κ1) is 18.9. The normalized spacial score (nSPS) is 11.3. The molecule has 3 N–H and O–H groups in total. The molecule has 0 aliphatic heterocycles. The van der Waals surface area contributed by atoms with Crippen LogP contribution in [-0.2, 0) is 0 Å². The van der Waals surface area contributed by atoms with E-state index < -0.39 is 5.91 Å². The first-order valence-electron chi connectivity index (χ1n) is 8.61. The number of carbonyl (C=O) groups excluding carboxylic acids is 1. The van der Waals surface area contributed by atoms with Gasteiger partial charge in [-0.25, -0.2) is 9.97 Å². The number of nitrogens with zero attached hydrogens (tertiary/aromatic N) is 3. The van der Waals surface area contributed by atoms with Gasteiger partial charge in [0.1, 0.15) is 5.82 Å². The average molecular weight is 341 g/mol. The molecule has 1 aromatic carbocycles. The van der Waals surface area contributed by atoms with Crippen molar-refractivity contribution in [1.82, 2.24) is 14.9 Å². The summed E-state index contributed by atoms with van der Waals surface area (Å²) < 4.78 is 0. The SMILES string of the molecule is CC(C)N(CCNc1ccnc(-c2ccc(C(N)=O)cc2)n1)C(C)C. The summed E-state index contributed by atoms with van der Waals surface area (Å²) in [6, 6.07) is 9.85. The van der Waals surface area contributed by atoms with Crippen molar-refractivity contribution in [3.05, 3.63) is 42.1 Å². The number of carbonyl (C=O) groups is 1. The van der Waals surface area contributed by atoms with Crippen LogP contribution in [-0.4, -0.2) is 45.9 Å². The number of nitrogens with two attached hydrogens (primary N) is 1. The van der Waals surface area contributed by atoms with E-state index >= 15 is 0 Å². The molecule has 6 heteroatoms. The van der Waals surface area contributed by atoms with Crippen LogP contribution in [0.5, 0.6) is 0 Å². The van der Waals surface area contributed by atoms with E-state index in [0.29, 0.717) is 23.5 Å². The summed E-state index contributed by atoms with van der Waals surface area (Å²) in [6.45, 7) is 10.6. The Morgan fingerprint density at radius 1 is 1.12 bits per heavy atom. The lowest BCUT2D eigenvalue weighted by molar-refractivity contribution is 0.100. The molecule has 0 saturated heterocycles. The summed E-state index contributed by atoms with van der Waals surface area (Å²) in [5, 5.41) is 3.36. The number of aromatic nitrogens is 2. The molecule has 0 unspecified atom stereocenters. The Kier molecular flexibility index (Phi) is 6.47. The molecule has 0 saturated carbocycles. The van der Waals surface area contributed by atoms with E-state index in [9.17, 15) is 4.79 Å². The Morgan fingerprint density at radius 2 is 1.76 bits per heavy atom. The summed E-state index contributed by atoms with van der Waals surface area (Å²) in [6.07, 6.45) is 1.73. The highest BCUT2D eigenvalue weighted by Gasteiger charge is 2.12. The van der Waals surface area contributed by atoms with E-state index in [4.69, 9.17) is 5.73 Å². The third kappa shape index (κ3) is 5.26. The van der Waals surface area contributed by atoms with Crippen LogP contribution in [0.2, 0.25) is 0 Å². The molecule has 1 heterocycles. The predicted molar refractivity (Wildman–Crippen MR) is 101 cm³/mol. The topological polar surface area (TPSA) is 84.1 Å². The van der Waals surface area contributed by atoms with Crippen LogP contribution in [0.15, 0.2) is 36.5 Å². The van der Waals surface area contributed by atoms with Gasteiger partial charge in [-0.15, -0.1) is 0 Å². The van der Waals surface area contributed by atoms with Crippen LogP contribution in [0.25, 0.3) is 11.4 Å². The van der Waals surface area contributed by atoms with Crippen molar-refractivity contribution in [3.8, 4) is 11.4 Å². The maximum Gasteiger partial charge on any atom is 0.248 e. The molecule has 1 amide bonds. The summed E-state index contributed by atoms with van der Waals surface area (Å²) in [5.74, 6) is 0.963. The number of rotatable bonds is 8. The first-order chi connectivity index (χ1) is 11.9. The minimum atomic E-state index is -0.442. The number of hydrogen-bond acceptors (Lipinski definition) is 5. The van der Waals surface area contributed by atoms with Gasteiger partial charge in [0.25, 0.3) is 0 Å². The second-order valence-electron chi connectivity index (χ2n) is 6.56. The highest BCUT2D eigenvalue weighted by molar-refractivity contribution is 5.93. The van der Waals surface area contributed by atoms with Gasteiger partial charge in [0.15, 0.2) is 5.82 Å². The smallest absolute Gasteiger partial charge is 0.248 e. The molecule has 0 aliphatic carbocycles. The zero-order valence-corrected chi connectivity index (χ0v) is 15.4. The fraction of sp³-hybridized carbons (Fsp3) is 0.421. The van der Waals surface area contributed by atoms with Gasteiger partial charge in [-0.1, -0.05) is 12.1 Å². The Morgan fingerprint density at radius 3 is 2.32 bits per heavy atom. The number of hydrogen-bond donors (Lipinski definition) is 2. The lowest BCUT2D eigenvalue weighted by Crippen LogP contribution is -2.40. The Labute approximate surface area is 149 Å². The van der Waals surface area contributed by atoms with Crippen LogP contribution >= 0.6 is 0 Å². The zero-order chi connectivity index (χ0) is 18.4. The Bertz CT molecular complexity index is 689. The molecule has 2 aromatic rings. The van der Waals surface area contributed by atoms with Crippen LogP contribution < -0.4 is 11.1 Å². The van der Waals surface area contributed by atoms with Crippen molar-refractivity contribution < 1.29 is 4.79 Å². The maximum atomic E-state index is 11.1. The number of primary amides is 1. The minimum Gasteiger partial charge on any atom is -0.369 e. The van der Waals surface area contributed by atoms with Gasteiger partial charge in [0, 0.05) is 42.5 Å². The van der Waals surface area contributed by atoms with E-state index in [-0.39, 0.29) is 0 Å². The molecule has 6 nitrogen and oxygen atoms in total. The third-order valence-electron chi connectivity index (χ3n) is 4.09. The monoisotopic (exact) mass is 341 g/mol. The molecule has 0 spiro atoms. The summed E-state index contributed by atoms with van der Waals surface area (Å²) >= 11 is 0. The lowest BCUT2D eigenvalue weighted by Gasteiger charge is -2.30. The van der Waals surface area contributed by atoms with Gasteiger partial charge < -0.3 is 11.1 Å². The number of amides is 1. The van der Waals surface area contributed by atoms with Crippen molar-refractivity contribution in [1.29, 1.82) is 0 Å². The van der Waals surface area contributed by atoms with Gasteiger partial charge in [0.05, 0.1) is 0 Å². The van der Waals surface area contributed by atoms with E-state index in [0.717, 1.165) is 24.5 Å². The van der Waals surface area contributed by atoms with Crippen molar-refractivity contribution in [3.63, 3.8) is 0 Å². The molecule has 1 aromatic heterocycles. The van der Waals surface area contributed by atoms with Crippen molar-refractivity contribution >= 4 is 11.7 Å². The summed E-state index contributed by atoms with van der Waals surface area (Å²) in [5.41, 5.74) is 6.58. The van der Waals surface area contributed by atoms with Gasteiger partial charge in [-0.3, -0.25) is 9.69 Å². The van der Waals surface area contributed by atoms with Crippen molar-refractivity contribution in [2.24, 2.45) is 5.73 Å². The van der Waals surface area contributed by atoms with E-state index in [1.807, 2.05) is 6.07 Å². The highest BCUT2D eigenvalue weighted by Crippen LogP contribution is 2.17. The molecule has 2 rings (SSSR count). The number of nitrogens with one attached hydrogen (secondary N) is 1. The minimum absolute atomic E-state index is 0.442. The molecule has 25 heavy (non-hydrogen) atoms. The van der Waals surface area contributed by atoms with Crippen molar-refractivity contribution in [2.75, 3.05) is 18.4 Å². The molecular weight excluding hydrogens is 314 g/mol. The van der Waals surface area contributed by atoms with E-state index in [1.54, 1.807) is 30.5 Å². The predicted octanol–water partition coefficient (Wildman–Crippen LogP) is 2.77. The molecule has 0 atom stereocenters.